The Kier molecular flexibility index (Phi) is 2.24. The van der Waals surface area contributed by atoms with Crippen molar-refractivity contribution in [2.24, 2.45) is 0 Å². The van der Waals surface area contributed by atoms with E-state index in [1.54, 1.807) is 0 Å². The van der Waals surface area contributed by atoms with Gasteiger partial charge in [0.2, 0.25) is 3.79 Å². The standard InChI is InChI=1S/C3H3Cl3O/c1-2(7)3(4,5)6/h7H,1H2/p-1. The van der Waals surface area contributed by atoms with E-state index in [-0.39, 0.29) is 0 Å². The van der Waals surface area contributed by atoms with Gasteiger partial charge in [-0.2, -0.15) is 0 Å². The zero-order valence-electron chi connectivity index (χ0n) is 3.25. The average molecular weight is 160 g/mol. The summed E-state index contributed by atoms with van der Waals surface area (Å²) < 4.78 is -1.83. The van der Waals surface area contributed by atoms with E-state index in [1.165, 1.54) is 0 Å². The summed E-state index contributed by atoms with van der Waals surface area (Å²) in [5.41, 5.74) is 0. The van der Waals surface area contributed by atoms with Crippen molar-refractivity contribution in [1.82, 2.24) is 0 Å². The summed E-state index contributed by atoms with van der Waals surface area (Å²) >= 11 is 15.0. The molecule has 0 aliphatic heterocycles. The molecule has 0 atom stereocenters. The highest BCUT2D eigenvalue weighted by molar-refractivity contribution is 6.69. The molecule has 0 rings (SSSR count). The van der Waals surface area contributed by atoms with Crippen LogP contribution in [0, 0.1) is 0 Å². The third-order valence-corrected chi connectivity index (χ3v) is 0.949. The molecule has 42 valence electrons. The van der Waals surface area contributed by atoms with Crippen LogP contribution in [0.15, 0.2) is 12.3 Å². The third-order valence-electron chi connectivity index (χ3n) is 0.316. The number of hydrogen-bond acceptors (Lipinski definition) is 1. The Bertz CT molecular complexity index is 82.7. The summed E-state index contributed by atoms with van der Waals surface area (Å²) in [6.45, 7) is 2.88. The van der Waals surface area contributed by atoms with Crippen molar-refractivity contribution in [2.75, 3.05) is 0 Å². The quantitative estimate of drug-likeness (QED) is 0.386. The molecule has 0 N–H and O–H groups in total. The van der Waals surface area contributed by atoms with Gasteiger partial charge in [-0.05, 0) is 0 Å². The Morgan fingerprint density at radius 3 is 1.57 bits per heavy atom. The van der Waals surface area contributed by atoms with Crippen LogP contribution in [0.1, 0.15) is 0 Å². The number of halogens is 3. The SMILES string of the molecule is C=C([O-])C(Cl)(Cl)Cl. The molecule has 0 aliphatic carbocycles. The third kappa shape index (κ3) is 3.03. The van der Waals surface area contributed by atoms with Gasteiger partial charge in [-0.25, -0.2) is 0 Å². The highest BCUT2D eigenvalue weighted by Gasteiger charge is 2.15. The van der Waals surface area contributed by atoms with Crippen molar-refractivity contribution < 1.29 is 5.11 Å². The summed E-state index contributed by atoms with van der Waals surface area (Å²) in [6, 6.07) is 0. The van der Waals surface area contributed by atoms with Gasteiger partial charge < -0.3 is 5.11 Å². The minimum Gasteiger partial charge on any atom is -0.873 e. The molecule has 0 aromatic carbocycles. The molecule has 0 fully saturated rings. The maximum atomic E-state index is 9.96. The molecule has 4 heteroatoms. The van der Waals surface area contributed by atoms with Crippen molar-refractivity contribution in [3.05, 3.63) is 12.3 Å². The summed E-state index contributed by atoms with van der Waals surface area (Å²) in [6.07, 6.45) is 0. The second-order valence-corrected chi connectivity index (χ2v) is 3.20. The Balaban J connectivity index is 3.79. The van der Waals surface area contributed by atoms with Crippen LogP contribution in [0.4, 0.5) is 0 Å². The number of hydrogen-bond donors (Lipinski definition) is 0. The molecule has 0 heterocycles. The van der Waals surface area contributed by atoms with Gasteiger partial charge in [0.1, 0.15) is 0 Å². The van der Waals surface area contributed by atoms with Gasteiger partial charge in [-0.3, -0.25) is 0 Å². The van der Waals surface area contributed by atoms with Crippen LogP contribution < -0.4 is 5.11 Å². The minimum atomic E-state index is -1.83. The van der Waals surface area contributed by atoms with E-state index in [2.05, 4.69) is 6.58 Å². The van der Waals surface area contributed by atoms with Gasteiger partial charge in [-0.1, -0.05) is 40.6 Å². The first-order valence-corrected chi connectivity index (χ1v) is 2.51. The lowest BCUT2D eigenvalue weighted by atomic mass is 10.7. The second kappa shape index (κ2) is 2.12. The fourth-order valence-corrected chi connectivity index (χ4v) is 0. The van der Waals surface area contributed by atoms with Crippen LogP contribution >= 0.6 is 34.8 Å². The molecule has 0 bridgehead atoms. The molecule has 0 unspecified atom stereocenters. The predicted molar refractivity (Wildman–Crippen MR) is 29.4 cm³/mol. The van der Waals surface area contributed by atoms with Crippen LogP contribution in [-0.4, -0.2) is 3.79 Å². The molecule has 7 heavy (non-hydrogen) atoms. The first-order valence-electron chi connectivity index (χ1n) is 1.37. The van der Waals surface area contributed by atoms with Gasteiger partial charge in [0.05, 0.1) is 0 Å². The maximum absolute atomic E-state index is 9.96. The van der Waals surface area contributed by atoms with E-state index < -0.39 is 9.55 Å². The van der Waals surface area contributed by atoms with Gasteiger partial charge in [-0.15, -0.1) is 6.58 Å². The molecule has 0 saturated carbocycles. The van der Waals surface area contributed by atoms with Crippen LogP contribution in [0.5, 0.6) is 0 Å². The number of allylic oxidation sites excluding steroid dienone is 1. The van der Waals surface area contributed by atoms with Crippen molar-refractivity contribution >= 4 is 34.8 Å². The Morgan fingerprint density at radius 2 is 1.57 bits per heavy atom. The van der Waals surface area contributed by atoms with Crippen molar-refractivity contribution in [1.29, 1.82) is 0 Å². The normalized spacial score (nSPS) is 11.3. The summed E-state index contributed by atoms with van der Waals surface area (Å²) in [4.78, 5) is 0. The lowest BCUT2D eigenvalue weighted by Crippen LogP contribution is -2.17. The average Bonchev–Trinajstić information content (AvgIpc) is 1.31. The minimum absolute atomic E-state index is 0.711. The fourth-order valence-electron chi connectivity index (χ4n) is 0. The lowest BCUT2D eigenvalue weighted by Gasteiger charge is -2.17. The highest BCUT2D eigenvalue weighted by Crippen LogP contribution is 2.29. The molecular formula is C3H2Cl3O-. The zero-order valence-corrected chi connectivity index (χ0v) is 5.52. The fraction of sp³-hybridized carbons (Fsp3) is 0.333. The van der Waals surface area contributed by atoms with E-state index in [0.29, 0.717) is 0 Å². The number of rotatable bonds is 0. The van der Waals surface area contributed by atoms with Crippen LogP contribution in [-0.2, 0) is 0 Å². The molecule has 0 aromatic heterocycles. The van der Waals surface area contributed by atoms with Gasteiger partial charge >= 0.3 is 0 Å². The molecular weight excluding hydrogens is 158 g/mol. The molecule has 0 aromatic rings. The Morgan fingerprint density at radius 1 is 1.43 bits per heavy atom. The van der Waals surface area contributed by atoms with Crippen molar-refractivity contribution in [2.45, 2.75) is 3.79 Å². The van der Waals surface area contributed by atoms with E-state index in [0.717, 1.165) is 0 Å². The topological polar surface area (TPSA) is 23.1 Å². The molecule has 1 nitrogen and oxygen atoms in total. The van der Waals surface area contributed by atoms with E-state index in [4.69, 9.17) is 34.8 Å². The van der Waals surface area contributed by atoms with Gasteiger partial charge in [0.15, 0.2) is 0 Å². The second-order valence-electron chi connectivity index (χ2n) is 0.921. The molecule has 0 saturated heterocycles. The summed E-state index contributed by atoms with van der Waals surface area (Å²) in [5.74, 6) is -0.711. The smallest absolute Gasteiger partial charge is 0.201 e. The molecule has 0 radical (unpaired) electrons. The van der Waals surface area contributed by atoms with E-state index in [9.17, 15) is 5.11 Å². The van der Waals surface area contributed by atoms with Crippen LogP contribution in [0.25, 0.3) is 0 Å². The predicted octanol–water partition coefficient (Wildman–Crippen LogP) is 1.23. The van der Waals surface area contributed by atoms with E-state index >= 15 is 0 Å². The highest BCUT2D eigenvalue weighted by atomic mass is 35.6. The monoisotopic (exact) mass is 159 g/mol. The first-order chi connectivity index (χ1) is 2.94. The number of alkyl halides is 3. The maximum Gasteiger partial charge on any atom is 0.201 e. The summed E-state index contributed by atoms with van der Waals surface area (Å²) in [7, 11) is 0. The summed E-state index contributed by atoms with van der Waals surface area (Å²) in [5, 5.41) is 9.96. The Labute approximate surface area is 56.5 Å². The molecule has 0 amide bonds. The molecule has 0 spiro atoms. The largest absolute Gasteiger partial charge is 0.873 e. The first kappa shape index (κ1) is 7.41. The van der Waals surface area contributed by atoms with Crippen LogP contribution in [0.2, 0.25) is 0 Å². The van der Waals surface area contributed by atoms with Crippen LogP contribution in [0.3, 0.4) is 0 Å². The van der Waals surface area contributed by atoms with Crippen molar-refractivity contribution in [3.8, 4) is 0 Å². The van der Waals surface area contributed by atoms with Gasteiger partial charge in [0.25, 0.3) is 0 Å². The van der Waals surface area contributed by atoms with Crippen molar-refractivity contribution in [3.63, 3.8) is 0 Å². The van der Waals surface area contributed by atoms with Gasteiger partial charge in [0, 0.05) is 0 Å². The van der Waals surface area contributed by atoms with E-state index in [1.807, 2.05) is 0 Å². The zero-order chi connectivity index (χ0) is 6.08. The molecule has 0 aliphatic rings. The Hall–Kier alpha value is 0.410. The lowest BCUT2D eigenvalue weighted by molar-refractivity contribution is -0.303.